The maximum atomic E-state index is 10.5. The normalized spacial score (nSPS) is 55.5. The summed E-state index contributed by atoms with van der Waals surface area (Å²) in [6.45, 7) is 8.85. The summed E-state index contributed by atoms with van der Waals surface area (Å²) < 4.78 is 0. The lowest BCUT2D eigenvalue weighted by molar-refractivity contribution is -0.0828. The molecule has 0 amide bonds. The van der Waals surface area contributed by atoms with Crippen LogP contribution in [0.4, 0.5) is 0 Å². The first-order chi connectivity index (χ1) is 10.9. The van der Waals surface area contributed by atoms with Crippen LogP contribution in [0.5, 0.6) is 0 Å². The second-order valence-corrected chi connectivity index (χ2v) is 9.52. The lowest BCUT2D eigenvalue weighted by atomic mass is 9.48. The maximum Gasteiger partial charge on any atom is 0.0665 e. The van der Waals surface area contributed by atoms with Crippen LogP contribution in [-0.2, 0) is 0 Å². The van der Waals surface area contributed by atoms with Gasteiger partial charge in [-0.2, -0.15) is 5.26 Å². The Morgan fingerprint density at radius 3 is 2.61 bits per heavy atom. The molecule has 0 aromatic heterocycles. The Balaban J connectivity index is 1.62. The van der Waals surface area contributed by atoms with Crippen LogP contribution in [0.25, 0.3) is 0 Å². The fourth-order valence-electron chi connectivity index (χ4n) is 7.23. The summed E-state index contributed by atoms with van der Waals surface area (Å²) in [5, 5.41) is 20.1. The van der Waals surface area contributed by atoms with Crippen molar-refractivity contribution in [2.45, 2.75) is 70.8 Å². The van der Waals surface area contributed by atoms with E-state index in [2.05, 4.69) is 19.6 Å². The van der Waals surface area contributed by atoms with Crippen LogP contribution < -0.4 is 0 Å². The van der Waals surface area contributed by atoms with Gasteiger partial charge in [0.25, 0.3) is 0 Å². The van der Waals surface area contributed by atoms with Crippen LogP contribution in [0.1, 0.15) is 65.2 Å². The molecular weight excluding hydrogens is 282 g/mol. The molecular formula is C21H31NO. The number of hydrogen-bond acceptors (Lipinski definition) is 2. The highest BCUT2D eigenvalue weighted by Gasteiger charge is 2.59. The molecule has 0 heterocycles. The predicted octanol–water partition coefficient (Wildman–Crippen LogP) is 4.70. The van der Waals surface area contributed by atoms with Crippen molar-refractivity contribution in [2.75, 3.05) is 0 Å². The molecule has 4 aliphatic carbocycles. The number of nitrogens with zero attached hydrogens (tertiary/aromatic N) is 1. The Bertz CT molecular complexity index is 559. The van der Waals surface area contributed by atoms with Gasteiger partial charge in [-0.15, -0.1) is 0 Å². The van der Waals surface area contributed by atoms with Crippen molar-refractivity contribution in [3.05, 3.63) is 12.2 Å². The van der Waals surface area contributed by atoms with Gasteiger partial charge in [-0.05, 0) is 87.9 Å². The zero-order chi connectivity index (χ0) is 16.4. The zero-order valence-electron chi connectivity index (χ0n) is 14.7. The molecule has 0 aliphatic heterocycles. The molecule has 2 unspecified atom stereocenters. The molecule has 0 spiro atoms. The summed E-state index contributed by atoms with van der Waals surface area (Å²) in [6.07, 6.45) is 9.19. The van der Waals surface area contributed by atoms with Crippen molar-refractivity contribution in [3.63, 3.8) is 0 Å². The molecule has 0 aromatic rings. The van der Waals surface area contributed by atoms with Crippen molar-refractivity contribution in [2.24, 2.45) is 40.9 Å². The van der Waals surface area contributed by atoms with Crippen LogP contribution in [0, 0.1) is 52.3 Å². The third-order valence-corrected chi connectivity index (χ3v) is 8.47. The topological polar surface area (TPSA) is 44.0 Å². The molecule has 4 aliphatic rings. The van der Waals surface area contributed by atoms with E-state index >= 15 is 0 Å². The van der Waals surface area contributed by atoms with Crippen LogP contribution in [-0.4, -0.2) is 10.7 Å². The van der Waals surface area contributed by atoms with Gasteiger partial charge in [0.1, 0.15) is 0 Å². The van der Waals surface area contributed by atoms with Crippen LogP contribution in [0.15, 0.2) is 12.2 Å². The molecule has 0 aromatic carbocycles. The molecule has 2 heteroatoms. The van der Waals surface area contributed by atoms with Crippen molar-refractivity contribution in [1.82, 2.24) is 0 Å². The van der Waals surface area contributed by atoms with E-state index < -0.39 is 5.60 Å². The third-order valence-electron chi connectivity index (χ3n) is 8.47. The quantitative estimate of drug-likeness (QED) is 0.659. The van der Waals surface area contributed by atoms with Gasteiger partial charge in [-0.3, -0.25) is 0 Å². The molecule has 0 radical (unpaired) electrons. The summed E-state index contributed by atoms with van der Waals surface area (Å²) in [6, 6.07) is 2.60. The molecule has 8 atom stereocenters. The van der Waals surface area contributed by atoms with Gasteiger partial charge in [0.2, 0.25) is 0 Å². The Hall–Kier alpha value is -0.810. The van der Waals surface area contributed by atoms with Crippen molar-refractivity contribution in [1.29, 1.82) is 5.26 Å². The highest BCUT2D eigenvalue weighted by atomic mass is 16.3. The summed E-state index contributed by atoms with van der Waals surface area (Å²) in [4.78, 5) is 0. The summed E-state index contributed by atoms with van der Waals surface area (Å²) >= 11 is 0. The number of aliphatic hydroxyl groups is 1. The van der Waals surface area contributed by atoms with Gasteiger partial charge in [0.15, 0.2) is 0 Å². The van der Waals surface area contributed by atoms with Gasteiger partial charge >= 0.3 is 0 Å². The molecule has 4 saturated carbocycles. The third kappa shape index (κ3) is 2.15. The average Bonchev–Trinajstić information content (AvgIpc) is 2.84. The summed E-state index contributed by atoms with van der Waals surface area (Å²) in [5.41, 5.74) is 1.00. The second kappa shape index (κ2) is 5.09. The molecule has 0 bridgehead atoms. The van der Waals surface area contributed by atoms with Crippen molar-refractivity contribution >= 4 is 0 Å². The van der Waals surface area contributed by atoms with Crippen molar-refractivity contribution in [3.8, 4) is 6.07 Å². The fourth-order valence-corrected chi connectivity index (χ4v) is 7.23. The van der Waals surface area contributed by atoms with Gasteiger partial charge in [-0.1, -0.05) is 19.1 Å². The van der Waals surface area contributed by atoms with E-state index in [0.717, 1.165) is 43.4 Å². The lowest BCUT2D eigenvalue weighted by Crippen LogP contribution is -2.51. The molecule has 126 valence electrons. The van der Waals surface area contributed by atoms with E-state index in [1.54, 1.807) is 0 Å². The number of rotatable bonds is 0. The Kier molecular flexibility index (Phi) is 3.48. The summed E-state index contributed by atoms with van der Waals surface area (Å²) in [7, 11) is 0. The van der Waals surface area contributed by atoms with E-state index in [1.807, 2.05) is 6.92 Å². The first-order valence-electron chi connectivity index (χ1n) is 9.67. The lowest BCUT2D eigenvalue weighted by Gasteiger charge is -2.57. The van der Waals surface area contributed by atoms with Gasteiger partial charge in [0.05, 0.1) is 17.6 Å². The van der Waals surface area contributed by atoms with E-state index in [4.69, 9.17) is 0 Å². The SMILES string of the molecule is C=C1C[C@@H]2C3CC[C@@](C)(O)C[C@H]3CCC2[C@@H]2CC[C@H](C#N)[C@@]12C. The molecule has 1 N–H and O–H groups in total. The van der Waals surface area contributed by atoms with E-state index in [0.29, 0.717) is 11.8 Å². The van der Waals surface area contributed by atoms with Gasteiger partial charge in [0, 0.05) is 5.41 Å². The zero-order valence-corrected chi connectivity index (χ0v) is 14.7. The minimum Gasteiger partial charge on any atom is -0.390 e. The van der Waals surface area contributed by atoms with E-state index in [1.165, 1.54) is 31.3 Å². The summed E-state index contributed by atoms with van der Waals surface area (Å²) in [5.74, 6) is 3.94. The molecule has 4 rings (SSSR count). The highest BCUT2D eigenvalue weighted by molar-refractivity contribution is 5.26. The smallest absolute Gasteiger partial charge is 0.0665 e. The van der Waals surface area contributed by atoms with Crippen molar-refractivity contribution < 1.29 is 5.11 Å². The monoisotopic (exact) mass is 313 g/mol. The molecule has 0 saturated heterocycles. The first kappa shape index (κ1) is 15.7. The average molecular weight is 313 g/mol. The van der Waals surface area contributed by atoms with Crippen LogP contribution in [0.2, 0.25) is 0 Å². The minimum absolute atomic E-state index is 0.0723. The first-order valence-corrected chi connectivity index (χ1v) is 9.67. The van der Waals surface area contributed by atoms with Gasteiger partial charge in [-0.25, -0.2) is 0 Å². The highest BCUT2D eigenvalue weighted by Crippen LogP contribution is 2.65. The number of hydrogen-bond donors (Lipinski definition) is 1. The standard InChI is InChI=1S/C21H31NO/c1-13-10-18-16-8-9-20(2,23)11-14(16)4-6-17(18)19-7-5-15(12-22)21(13,19)3/h14-19,23H,1,4-11H2,2-3H3/t14-,15-,16?,17?,18-,19+,20-,21-/m1/s1. The Labute approximate surface area is 141 Å². The van der Waals surface area contributed by atoms with Crippen LogP contribution >= 0.6 is 0 Å². The largest absolute Gasteiger partial charge is 0.390 e. The predicted molar refractivity (Wildman–Crippen MR) is 91.4 cm³/mol. The number of nitriles is 1. The van der Waals surface area contributed by atoms with Crippen LogP contribution in [0.3, 0.4) is 0 Å². The number of fused-ring (bicyclic) bond motifs is 5. The Morgan fingerprint density at radius 2 is 1.87 bits per heavy atom. The van der Waals surface area contributed by atoms with E-state index in [-0.39, 0.29) is 11.3 Å². The maximum absolute atomic E-state index is 10.5. The molecule has 23 heavy (non-hydrogen) atoms. The molecule has 2 nitrogen and oxygen atoms in total. The second-order valence-electron chi connectivity index (χ2n) is 9.52. The minimum atomic E-state index is -0.437. The fraction of sp³-hybridized carbons (Fsp3) is 0.857. The van der Waals surface area contributed by atoms with E-state index in [9.17, 15) is 10.4 Å². The number of allylic oxidation sites excluding steroid dienone is 1. The molecule has 4 fully saturated rings. The van der Waals surface area contributed by atoms with Gasteiger partial charge < -0.3 is 5.11 Å². The Morgan fingerprint density at radius 1 is 1.09 bits per heavy atom.